The van der Waals surface area contributed by atoms with E-state index in [0.717, 1.165) is 12.1 Å². The molecule has 0 aliphatic heterocycles. The number of hydrogen-bond donors (Lipinski definition) is 1. The number of aliphatic hydroxyl groups excluding tert-OH is 1. The molecule has 60 valence electrons. The van der Waals surface area contributed by atoms with Gasteiger partial charge >= 0.3 is 0 Å². The van der Waals surface area contributed by atoms with E-state index in [1.54, 1.807) is 17.3 Å². The van der Waals surface area contributed by atoms with Gasteiger partial charge in [-0.1, -0.05) is 6.07 Å². The van der Waals surface area contributed by atoms with Crippen LogP contribution in [0.25, 0.3) is 0 Å². The Morgan fingerprint density at radius 1 is 1.64 bits per heavy atom. The van der Waals surface area contributed by atoms with Crippen molar-refractivity contribution >= 4 is 0 Å². The number of rotatable bonds is 3. The van der Waals surface area contributed by atoms with Gasteiger partial charge in [0, 0.05) is 18.9 Å². The summed E-state index contributed by atoms with van der Waals surface area (Å²) >= 11 is 0. The highest BCUT2D eigenvalue weighted by Gasteiger charge is 1.95. The highest BCUT2D eigenvalue weighted by Crippen LogP contribution is 1.98. The normalized spacial score (nSPS) is 10.5. The second-order valence-electron chi connectivity index (χ2n) is 2.52. The predicted molar refractivity (Wildman–Crippen MR) is 42.8 cm³/mol. The van der Waals surface area contributed by atoms with Crippen molar-refractivity contribution in [2.24, 2.45) is 0 Å². The molecule has 0 saturated heterocycles. The summed E-state index contributed by atoms with van der Waals surface area (Å²) < 4.78 is 0. The standard InChI is InChI=1S/C8H12N2O/c1-10(7-11)6-8-3-2-4-9-5-8/h2-5,11H,6-7H2,1H3. The van der Waals surface area contributed by atoms with Gasteiger partial charge in [0.05, 0.1) is 6.73 Å². The van der Waals surface area contributed by atoms with E-state index in [-0.39, 0.29) is 6.73 Å². The topological polar surface area (TPSA) is 36.4 Å². The van der Waals surface area contributed by atoms with E-state index < -0.39 is 0 Å². The molecule has 0 amide bonds. The first kappa shape index (κ1) is 8.17. The van der Waals surface area contributed by atoms with E-state index in [1.807, 2.05) is 19.2 Å². The van der Waals surface area contributed by atoms with Crippen LogP contribution in [0.15, 0.2) is 24.5 Å². The van der Waals surface area contributed by atoms with Crippen LogP contribution in [0.4, 0.5) is 0 Å². The largest absolute Gasteiger partial charge is 0.381 e. The molecule has 0 saturated carbocycles. The van der Waals surface area contributed by atoms with Crippen LogP contribution in [0.1, 0.15) is 5.56 Å². The molecule has 0 radical (unpaired) electrons. The minimum absolute atomic E-state index is 0.0783. The van der Waals surface area contributed by atoms with Gasteiger partial charge in [0.2, 0.25) is 0 Å². The van der Waals surface area contributed by atoms with E-state index in [9.17, 15) is 0 Å². The maximum atomic E-state index is 8.70. The first-order chi connectivity index (χ1) is 5.33. The van der Waals surface area contributed by atoms with Crippen LogP contribution < -0.4 is 0 Å². The summed E-state index contributed by atoms with van der Waals surface area (Å²) in [4.78, 5) is 5.77. The van der Waals surface area contributed by atoms with Crippen molar-refractivity contribution in [2.45, 2.75) is 6.54 Å². The van der Waals surface area contributed by atoms with Crippen molar-refractivity contribution in [2.75, 3.05) is 13.8 Å². The van der Waals surface area contributed by atoms with Gasteiger partial charge in [-0.3, -0.25) is 9.88 Å². The fourth-order valence-electron chi connectivity index (χ4n) is 0.853. The fraction of sp³-hybridized carbons (Fsp3) is 0.375. The SMILES string of the molecule is CN(CO)Cc1cccnc1. The molecule has 0 spiro atoms. The van der Waals surface area contributed by atoms with Crippen molar-refractivity contribution in [3.63, 3.8) is 0 Å². The number of pyridine rings is 1. The molecule has 0 aliphatic carbocycles. The van der Waals surface area contributed by atoms with E-state index in [2.05, 4.69) is 4.98 Å². The molecular weight excluding hydrogens is 140 g/mol. The molecule has 11 heavy (non-hydrogen) atoms. The summed E-state index contributed by atoms with van der Waals surface area (Å²) in [7, 11) is 1.85. The Kier molecular flexibility index (Phi) is 3.01. The number of nitrogens with zero attached hydrogens (tertiary/aromatic N) is 2. The summed E-state index contributed by atoms with van der Waals surface area (Å²) in [5.41, 5.74) is 1.11. The van der Waals surface area contributed by atoms with Gasteiger partial charge in [0.15, 0.2) is 0 Å². The van der Waals surface area contributed by atoms with Crippen molar-refractivity contribution in [3.8, 4) is 0 Å². The molecule has 0 aliphatic rings. The molecule has 1 aromatic rings. The van der Waals surface area contributed by atoms with Crippen molar-refractivity contribution in [3.05, 3.63) is 30.1 Å². The Balaban J connectivity index is 2.51. The average Bonchev–Trinajstić information content (AvgIpc) is 2.06. The lowest BCUT2D eigenvalue weighted by atomic mass is 10.3. The lowest BCUT2D eigenvalue weighted by Crippen LogP contribution is -2.18. The second kappa shape index (κ2) is 4.05. The highest BCUT2D eigenvalue weighted by molar-refractivity contribution is 5.07. The van der Waals surface area contributed by atoms with Crippen LogP contribution >= 0.6 is 0 Å². The minimum atomic E-state index is 0.0783. The van der Waals surface area contributed by atoms with Crippen LogP contribution in [-0.4, -0.2) is 28.8 Å². The summed E-state index contributed by atoms with van der Waals surface area (Å²) in [6.45, 7) is 0.819. The Morgan fingerprint density at radius 3 is 3.00 bits per heavy atom. The van der Waals surface area contributed by atoms with Gasteiger partial charge in [-0.25, -0.2) is 0 Å². The van der Waals surface area contributed by atoms with Crippen molar-refractivity contribution in [1.82, 2.24) is 9.88 Å². The van der Waals surface area contributed by atoms with Gasteiger partial charge in [0.25, 0.3) is 0 Å². The quantitative estimate of drug-likeness (QED) is 0.639. The van der Waals surface area contributed by atoms with Crippen LogP contribution in [-0.2, 0) is 6.54 Å². The first-order valence-electron chi connectivity index (χ1n) is 3.51. The Labute approximate surface area is 66.3 Å². The number of aromatic nitrogens is 1. The molecule has 0 aromatic carbocycles. The lowest BCUT2D eigenvalue weighted by Gasteiger charge is -2.11. The molecule has 3 nitrogen and oxygen atoms in total. The van der Waals surface area contributed by atoms with E-state index in [4.69, 9.17) is 5.11 Å². The van der Waals surface area contributed by atoms with Crippen molar-refractivity contribution in [1.29, 1.82) is 0 Å². The number of hydrogen-bond acceptors (Lipinski definition) is 3. The summed E-state index contributed by atoms with van der Waals surface area (Å²) in [6, 6.07) is 3.87. The lowest BCUT2D eigenvalue weighted by molar-refractivity contribution is 0.127. The third-order valence-corrected chi connectivity index (χ3v) is 1.42. The molecule has 0 fully saturated rings. The first-order valence-corrected chi connectivity index (χ1v) is 3.51. The van der Waals surface area contributed by atoms with E-state index >= 15 is 0 Å². The third-order valence-electron chi connectivity index (χ3n) is 1.42. The van der Waals surface area contributed by atoms with Gasteiger partial charge in [-0.2, -0.15) is 0 Å². The smallest absolute Gasteiger partial charge is 0.0956 e. The van der Waals surface area contributed by atoms with Crippen LogP contribution in [0.2, 0.25) is 0 Å². The molecule has 1 N–H and O–H groups in total. The summed E-state index contributed by atoms with van der Waals surface area (Å²) in [6.07, 6.45) is 3.54. The minimum Gasteiger partial charge on any atom is -0.381 e. The zero-order chi connectivity index (χ0) is 8.10. The molecular formula is C8H12N2O. The summed E-state index contributed by atoms with van der Waals surface area (Å²) in [5.74, 6) is 0. The third kappa shape index (κ3) is 2.65. The highest BCUT2D eigenvalue weighted by atomic mass is 16.3. The van der Waals surface area contributed by atoms with E-state index in [0.29, 0.717) is 0 Å². The zero-order valence-electron chi connectivity index (χ0n) is 6.57. The van der Waals surface area contributed by atoms with Gasteiger partial charge in [-0.05, 0) is 18.7 Å². The number of aliphatic hydroxyl groups is 1. The molecule has 0 unspecified atom stereocenters. The Bertz CT molecular complexity index is 201. The second-order valence-corrected chi connectivity index (χ2v) is 2.52. The van der Waals surface area contributed by atoms with Gasteiger partial charge in [-0.15, -0.1) is 0 Å². The fourth-order valence-corrected chi connectivity index (χ4v) is 0.853. The van der Waals surface area contributed by atoms with Crippen LogP contribution in [0.3, 0.4) is 0 Å². The molecule has 0 bridgehead atoms. The predicted octanol–water partition coefficient (Wildman–Crippen LogP) is 0.463. The van der Waals surface area contributed by atoms with E-state index in [1.165, 1.54) is 0 Å². The molecule has 1 rings (SSSR count). The molecule has 0 atom stereocenters. The Morgan fingerprint density at radius 2 is 2.45 bits per heavy atom. The monoisotopic (exact) mass is 152 g/mol. The van der Waals surface area contributed by atoms with Gasteiger partial charge < -0.3 is 5.11 Å². The van der Waals surface area contributed by atoms with Crippen molar-refractivity contribution < 1.29 is 5.11 Å². The maximum absolute atomic E-state index is 8.70. The zero-order valence-corrected chi connectivity index (χ0v) is 6.57. The summed E-state index contributed by atoms with van der Waals surface area (Å²) in [5, 5.41) is 8.70. The molecule has 1 heterocycles. The maximum Gasteiger partial charge on any atom is 0.0956 e. The van der Waals surface area contributed by atoms with Crippen LogP contribution in [0.5, 0.6) is 0 Å². The average molecular weight is 152 g/mol. The Hall–Kier alpha value is -0.930. The van der Waals surface area contributed by atoms with Crippen LogP contribution in [0, 0.1) is 0 Å². The molecule has 1 aromatic heterocycles. The van der Waals surface area contributed by atoms with Gasteiger partial charge in [0.1, 0.15) is 0 Å². The molecule has 3 heteroatoms.